The highest BCUT2D eigenvalue weighted by molar-refractivity contribution is 9.10. The number of halogens is 1. The van der Waals surface area contributed by atoms with Crippen molar-refractivity contribution < 1.29 is 14.6 Å². The molecule has 0 bridgehead atoms. The van der Waals surface area contributed by atoms with Crippen LogP contribution in [0.2, 0.25) is 0 Å². The Labute approximate surface area is 114 Å². The number of aliphatic hydroxyl groups is 1. The van der Waals surface area contributed by atoms with E-state index in [0.29, 0.717) is 19.8 Å². The van der Waals surface area contributed by atoms with E-state index in [2.05, 4.69) is 21.2 Å². The molecule has 2 N–H and O–H groups in total. The van der Waals surface area contributed by atoms with Gasteiger partial charge >= 0.3 is 0 Å². The molecule has 0 aliphatic carbocycles. The van der Waals surface area contributed by atoms with Gasteiger partial charge in [-0.05, 0) is 24.1 Å². The summed E-state index contributed by atoms with van der Waals surface area (Å²) in [6.45, 7) is 1.03. The number of ether oxygens (including phenoxy) is 1. The third-order valence-electron chi connectivity index (χ3n) is 3.13. The Hall–Kier alpha value is -0.910. The molecule has 5 heteroatoms. The lowest BCUT2D eigenvalue weighted by Crippen LogP contribution is -2.56. The zero-order valence-corrected chi connectivity index (χ0v) is 11.6. The van der Waals surface area contributed by atoms with Crippen LogP contribution in [0.4, 0.5) is 0 Å². The fourth-order valence-electron chi connectivity index (χ4n) is 1.84. The molecule has 0 radical (unpaired) electrons. The highest BCUT2D eigenvalue weighted by Crippen LogP contribution is 2.26. The predicted molar refractivity (Wildman–Crippen MR) is 71.2 cm³/mol. The lowest BCUT2D eigenvalue weighted by Gasteiger charge is -2.38. The number of hydrogen-bond donors (Lipinski definition) is 2. The number of aliphatic hydroxyl groups excluding tert-OH is 1. The summed E-state index contributed by atoms with van der Waals surface area (Å²) in [5.41, 5.74) is 0.449. The summed E-state index contributed by atoms with van der Waals surface area (Å²) >= 11 is 3.41. The second-order valence-corrected chi connectivity index (χ2v) is 5.48. The van der Waals surface area contributed by atoms with E-state index in [1.54, 1.807) is 0 Å². The number of benzene rings is 1. The van der Waals surface area contributed by atoms with Crippen molar-refractivity contribution in [2.45, 2.75) is 6.42 Å². The molecule has 1 aliphatic heterocycles. The molecule has 0 unspecified atom stereocenters. The van der Waals surface area contributed by atoms with E-state index >= 15 is 0 Å². The topological polar surface area (TPSA) is 58.6 Å². The number of carbonyl (C=O) groups is 1. The Balaban J connectivity index is 1.80. The van der Waals surface area contributed by atoms with Crippen LogP contribution in [0.15, 0.2) is 28.7 Å². The van der Waals surface area contributed by atoms with E-state index in [-0.39, 0.29) is 12.5 Å². The van der Waals surface area contributed by atoms with Gasteiger partial charge in [0.2, 0.25) is 5.91 Å². The fraction of sp³-hybridized carbons (Fsp3) is 0.462. The van der Waals surface area contributed by atoms with Crippen LogP contribution in [0.25, 0.3) is 0 Å². The van der Waals surface area contributed by atoms with Gasteiger partial charge in [-0.15, -0.1) is 0 Å². The molecule has 1 saturated heterocycles. The zero-order chi connectivity index (χ0) is 13.0. The lowest BCUT2D eigenvalue weighted by atomic mass is 9.86. The van der Waals surface area contributed by atoms with Crippen molar-refractivity contribution >= 4 is 21.8 Å². The van der Waals surface area contributed by atoms with E-state index < -0.39 is 5.41 Å². The van der Waals surface area contributed by atoms with Crippen molar-refractivity contribution in [2.24, 2.45) is 5.41 Å². The second kappa shape index (κ2) is 5.82. The van der Waals surface area contributed by atoms with Crippen LogP contribution in [-0.4, -0.2) is 37.4 Å². The molecule has 1 aliphatic rings. The summed E-state index contributed by atoms with van der Waals surface area (Å²) in [6, 6.07) is 7.98. The number of carbonyl (C=O) groups excluding carboxylic acids is 1. The fourth-order valence-corrected chi connectivity index (χ4v) is 2.29. The molecule has 98 valence electrons. The Morgan fingerprint density at radius 1 is 1.50 bits per heavy atom. The number of nitrogens with one attached hydrogen (secondary N) is 1. The quantitative estimate of drug-likeness (QED) is 0.856. The van der Waals surface area contributed by atoms with Gasteiger partial charge in [0.1, 0.15) is 5.41 Å². The first-order valence-corrected chi connectivity index (χ1v) is 6.67. The summed E-state index contributed by atoms with van der Waals surface area (Å²) in [5, 5.41) is 12.1. The van der Waals surface area contributed by atoms with Crippen LogP contribution in [-0.2, 0) is 16.0 Å². The van der Waals surface area contributed by atoms with E-state index in [1.807, 2.05) is 24.3 Å². The molecule has 2 rings (SSSR count). The van der Waals surface area contributed by atoms with Crippen LogP contribution < -0.4 is 5.32 Å². The molecule has 0 saturated carbocycles. The van der Waals surface area contributed by atoms with E-state index in [9.17, 15) is 9.90 Å². The molecular formula is C13H16BrNO3. The number of rotatable bonds is 5. The summed E-state index contributed by atoms with van der Waals surface area (Å²) in [6.07, 6.45) is 0.771. The van der Waals surface area contributed by atoms with Gasteiger partial charge < -0.3 is 15.2 Å². The van der Waals surface area contributed by atoms with Gasteiger partial charge in [-0.2, -0.15) is 0 Å². The van der Waals surface area contributed by atoms with Gasteiger partial charge in [0.25, 0.3) is 0 Å². The maximum atomic E-state index is 11.9. The first-order chi connectivity index (χ1) is 8.66. The van der Waals surface area contributed by atoms with E-state index in [4.69, 9.17) is 4.74 Å². The minimum Gasteiger partial charge on any atom is -0.395 e. The Morgan fingerprint density at radius 2 is 2.28 bits per heavy atom. The van der Waals surface area contributed by atoms with Gasteiger partial charge in [-0.25, -0.2) is 0 Å². The molecule has 1 aromatic rings. The molecule has 4 nitrogen and oxygen atoms in total. The first-order valence-electron chi connectivity index (χ1n) is 5.88. The molecule has 1 fully saturated rings. The van der Waals surface area contributed by atoms with Crippen LogP contribution in [0, 0.1) is 5.41 Å². The molecular weight excluding hydrogens is 298 g/mol. The van der Waals surface area contributed by atoms with Crippen molar-refractivity contribution in [1.29, 1.82) is 0 Å². The van der Waals surface area contributed by atoms with Crippen molar-refractivity contribution in [3.05, 3.63) is 34.3 Å². The standard InChI is InChI=1S/C13H16BrNO3/c14-11-3-1-2-10(6-11)4-5-15-12(17)13(7-16)8-18-9-13/h1-3,6,16H,4-5,7-9H2,(H,15,17). The summed E-state index contributed by atoms with van der Waals surface area (Å²) in [5.74, 6) is -0.119. The van der Waals surface area contributed by atoms with E-state index in [1.165, 1.54) is 0 Å². The average molecular weight is 314 g/mol. The maximum absolute atomic E-state index is 11.9. The zero-order valence-electron chi connectivity index (χ0n) is 9.99. The molecule has 0 aromatic heterocycles. The number of amides is 1. The van der Waals surface area contributed by atoms with Crippen LogP contribution in [0.1, 0.15) is 5.56 Å². The maximum Gasteiger partial charge on any atom is 0.233 e. The third kappa shape index (κ3) is 2.91. The van der Waals surface area contributed by atoms with Crippen molar-refractivity contribution in [3.63, 3.8) is 0 Å². The highest BCUT2D eigenvalue weighted by Gasteiger charge is 2.45. The molecule has 1 aromatic carbocycles. The Morgan fingerprint density at radius 3 is 2.83 bits per heavy atom. The number of hydrogen-bond acceptors (Lipinski definition) is 3. The van der Waals surface area contributed by atoms with E-state index in [0.717, 1.165) is 16.5 Å². The first kappa shape index (κ1) is 13.5. The molecule has 0 spiro atoms. The van der Waals surface area contributed by atoms with Crippen LogP contribution in [0.5, 0.6) is 0 Å². The average Bonchev–Trinajstić information content (AvgIpc) is 2.28. The van der Waals surface area contributed by atoms with Crippen molar-refractivity contribution in [3.8, 4) is 0 Å². The molecule has 18 heavy (non-hydrogen) atoms. The summed E-state index contributed by atoms with van der Waals surface area (Å²) < 4.78 is 6.04. The molecule has 0 atom stereocenters. The van der Waals surface area contributed by atoms with Crippen LogP contribution >= 0.6 is 15.9 Å². The minimum atomic E-state index is -0.711. The summed E-state index contributed by atoms with van der Waals surface area (Å²) in [4.78, 5) is 11.9. The van der Waals surface area contributed by atoms with Crippen LogP contribution in [0.3, 0.4) is 0 Å². The normalized spacial score (nSPS) is 17.0. The lowest BCUT2D eigenvalue weighted by molar-refractivity contribution is -0.169. The monoisotopic (exact) mass is 313 g/mol. The second-order valence-electron chi connectivity index (χ2n) is 4.57. The Kier molecular flexibility index (Phi) is 4.37. The largest absolute Gasteiger partial charge is 0.395 e. The molecule has 1 amide bonds. The van der Waals surface area contributed by atoms with Gasteiger partial charge in [0.15, 0.2) is 0 Å². The third-order valence-corrected chi connectivity index (χ3v) is 3.62. The van der Waals surface area contributed by atoms with Gasteiger partial charge in [0, 0.05) is 11.0 Å². The Bertz CT molecular complexity index is 426. The smallest absolute Gasteiger partial charge is 0.233 e. The minimum absolute atomic E-state index is 0.119. The van der Waals surface area contributed by atoms with Crippen molar-refractivity contribution in [2.75, 3.05) is 26.4 Å². The predicted octanol–water partition coefficient (Wildman–Crippen LogP) is 1.12. The van der Waals surface area contributed by atoms with Gasteiger partial charge in [-0.1, -0.05) is 28.1 Å². The highest BCUT2D eigenvalue weighted by atomic mass is 79.9. The SMILES string of the molecule is O=C(NCCc1cccc(Br)c1)C1(CO)COC1. The van der Waals surface area contributed by atoms with Gasteiger partial charge in [-0.3, -0.25) is 4.79 Å². The van der Waals surface area contributed by atoms with Gasteiger partial charge in [0.05, 0.1) is 19.8 Å². The van der Waals surface area contributed by atoms with Crippen molar-refractivity contribution in [1.82, 2.24) is 5.32 Å². The summed E-state index contributed by atoms with van der Waals surface area (Å²) in [7, 11) is 0. The molecule has 1 heterocycles.